The molecule has 8 rings (SSSR count). The number of carbonyl (C=O) groups excluding carboxylic acids is 1. The van der Waals surface area contributed by atoms with Crippen molar-refractivity contribution in [2.75, 3.05) is 59.0 Å². The van der Waals surface area contributed by atoms with Crippen LogP contribution < -0.4 is 43.8 Å². The number of carboxylic acids is 1. The SMILES string of the molecule is CCCS(=O)(=O)NC(=O)c1cc(-c2cnc(Nc3cc(OC)cc(OC)c3)nc2-n2ccc(C(F)(F)F)n2)cnc1OC.COc1cc(Nc2ncc(-c3cnc(OC)c(C(=O)O)c3)c(-n3ccc(C(F)(F)F)n3)n2)cc(OC)c1. The molecular formula is C49H45F6N13O11S. The van der Waals surface area contributed by atoms with Crippen LogP contribution in [0.1, 0.15) is 45.4 Å². The first-order valence-electron chi connectivity index (χ1n) is 22.9. The molecule has 420 valence electrons. The third-order valence-electron chi connectivity index (χ3n) is 10.9. The highest BCUT2D eigenvalue weighted by molar-refractivity contribution is 7.90. The molecule has 8 aromatic rings. The first-order chi connectivity index (χ1) is 38.0. The van der Waals surface area contributed by atoms with Crippen molar-refractivity contribution in [3.8, 4) is 68.6 Å². The monoisotopic (exact) mass is 1140 g/mol. The Morgan fingerprint density at radius 1 is 0.575 bits per heavy atom. The minimum Gasteiger partial charge on any atom is -0.497 e. The van der Waals surface area contributed by atoms with E-state index in [0.29, 0.717) is 34.4 Å². The number of carboxylic acid groups (broad SMARTS) is 1. The number of ether oxygens (including phenoxy) is 6. The number of amides is 1. The second-order valence-corrected chi connectivity index (χ2v) is 18.1. The number of pyridine rings is 2. The fourth-order valence-electron chi connectivity index (χ4n) is 7.18. The summed E-state index contributed by atoms with van der Waals surface area (Å²) in [5, 5.41) is 22.7. The quantitative estimate of drug-likeness (QED) is 0.0555. The van der Waals surface area contributed by atoms with E-state index in [4.69, 9.17) is 28.4 Å². The molecule has 6 heterocycles. The first kappa shape index (κ1) is 57.9. The van der Waals surface area contributed by atoms with Gasteiger partial charge in [-0.1, -0.05) is 6.92 Å². The standard InChI is InChI=1S/C26H26F3N7O6S.C23H19F3N6O5/c1-5-8-43(38,39)35-23(37)19-9-15(13-30-24(19)42-4)20-14-31-25(32-16-10-17(40-2)12-18(11-16)41-3)33-22(20)36-7-6-21(34-36)26(27,28)29;1-35-14-7-13(8-15(9-14)36-2)29-22-28-11-17(12-6-16(21(33)34)20(37-3)27-10-12)19(30-22)32-5-4-18(31-32)23(24,25)26/h6-7,9-14H,5,8H2,1-4H3,(H,35,37)(H,31,32,33);4-11H,1-3H3,(H,33,34)(H,28,29,30). The fraction of sp³-hybridized carbons (Fsp3) is 0.224. The zero-order chi connectivity index (χ0) is 58.1. The van der Waals surface area contributed by atoms with Gasteiger partial charge in [0.2, 0.25) is 33.7 Å². The van der Waals surface area contributed by atoms with Crippen molar-refractivity contribution in [1.82, 2.24) is 54.2 Å². The number of halogens is 6. The summed E-state index contributed by atoms with van der Waals surface area (Å²) in [4.78, 5) is 50.0. The molecule has 4 N–H and O–H groups in total. The van der Waals surface area contributed by atoms with Gasteiger partial charge in [0.05, 0.1) is 48.4 Å². The van der Waals surface area contributed by atoms with Crippen LogP contribution >= 0.6 is 0 Å². The van der Waals surface area contributed by atoms with Gasteiger partial charge in [0.1, 0.15) is 34.1 Å². The van der Waals surface area contributed by atoms with E-state index in [1.165, 1.54) is 79.6 Å². The summed E-state index contributed by atoms with van der Waals surface area (Å²) >= 11 is 0. The lowest BCUT2D eigenvalue weighted by atomic mass is 10.1. The Kier molecular flexibility index (Phi) is 17.5. The van der Waals surface area contributed by atoms with Crippen LogP contribution in [0.4, 0.5) is 49.6 Å². The van der Waals surface area contributed by atoms with Crippen LogP contribution in [0.5, 0.6) is 34.8 Å². The number of sulfonamides is 1. The molecule has 0 bridgehead atoms. The smallest absolute Gasteiger partial charge is 0.435 e. The molecule has 0 aliphatic carbocycles. The van der Waals surface area contributed by atoms with Gasteiger partial charge in [-0.2, -0.15) is 46.5 Å². The molecule has 80 heavy (non-hydrogen) atoms. The number of aromatic nitrogens is 10. The molecule has 0 aliphatic rings. The molecular weight excluding hydrogens is 1090 g/mol. The molecule has 0 atom stereocenters. The van der Waals surface area contributed by atoms with Crippen LogP contribution in [0.3, 0.4) is 0 Å². The molecule has 0 unspecified atom stereocenters. The van der Waals surface area contributed by atoms with Gasteiger partial charge in [0.25, 0.3) is 5.91 Å². The topological polar surface area (TPSA) is 293 Å². The second-order valence-electron chi connectivity index (χ2n) is 16.2. The summed E-state index contributed by atoms with van der Waals surface area (Å²) in [7, 11) is 4.45. The Hall–Kier alpha value is -9.81. The van der Waals surface area contributed by atoms with E-state index >= 15 is 0 Å². The van der Waals surface area contributed by atoms with E-state index in [1.54, 1.807) is 43.3 Å². The van der Waals surface area contributed by atoms with Crippen LogP contribution in [-0.2, 0) is 22.4 Å². The summed E-state index contributed by atoms with van der Waals surface area (Å²) < 4.78 is 139. The predicted molar refractivity (Wildman–Crippen MR) is 272 cm³/mol. The highest BCUT2D eigenvalue weighted by Gasteiger charge is 2.35. The Morgan fingerprint density at radius 3 is 1.32 bits per heavy atom. The summed E-state index contributed by atoms with van der Waals surface area (Å²) in [6.45, 7) is 1.64. The van der Waals surface area contributed by atoms with Crippen molar-refractivity contribution in [1.29, 1.82) is 0 Å². The lowest BCUT2D eigenvalue weighted by molar-refractivity contribution is -0.142. The molecule has 1 amide bonds. The summed E-state index contributed by atoms with van der Waals surface area (Å²) in [6.07, 6.45) is -1.83. The molecule has 0 aliphatic heterocycles. The minimum absolute atomic E-state index is 0.0121. The average Bonchev–Trinajstić information content (AvgIpc) is 4.17. The molecule has 2 aromatic carbocycles. The molecule has 0 radical (unpaired) electrons. The third-order valence-corrected chi connectivity index (χ3v) is 12.3. The van der Waals surface area contributed by atoms with Gasteiger partial charge in [-0.3, -0.25) is 4.79 Å². The van der Waals surface area contributed by atoms with Crippen molar-refractivity contribution in [3.05, 3.63) is 120 Å². The maximum absolute atomic E-state index is 13.4. The van der Waals surface area contributed by atoms with E-state index in [2.05, 4.69) is 50.7 Å². The number of rotatable bonds is 19. The van der Waals surface area contributed by atoms with Crippen LogP contribution in [-0.4, -0.2) is 123 Å². The van der Waals surface area contributed by atoms with Crippen LogP contribution in [0.25, 0.3) is 33.9 Å². The fourth-order valence-corrected chi connectivity index (χ4v) is 8.21. The highest BCUT2D eigenvalue weighted by Crippen LogP contribution is 2.36. The largest absolute Gasteiger partial charge is 0.497 e. The Balaban J connectivity index is 0.000000234. The molecule has 0 spiro atoms. The van der Waals surface area contributed by atoms with Gasteiger partial charge in [-0.05, 0) is 30.7 Å². The number of methoxy groups -OCH3 is 6. The molecule has 31 heteroatoms. The minimum atomic E-state index is -4.73. The van der Waals surface area contributed by atoms with E-state index in [9.17, 15) is 49.5 Å². The Labute approximate surface area is 449 Å². The number of anilines is 4. The molecule has 24 nitrogen and oxygen atoms in total. The normalized spacial score (nSPS) is 11.4. The number of benzene rings is 2. The van der Waals surface area contributed by atoms with Crippen molar-refractivity contribution in [2.45, 2.75) is 25.7 Å². The number of nitrogens with zero attached hydrogens (tertiary/aromatic N) is 10. The summed E-state index contributed by atoms with van der Waals surface area (Å²) in [5.74, 6) is -1.25. The van der Waals surface area contributed by atoms with Gasteiger partial charge in [-0.25, -0.2) is 47.2 Å². The van der Waals surface area contributed by atoms with Crippen molar-refractivity contribution < 1.29 is 77.9 Å². The summed E-state index contributed by atoms with van der Waals surface area (Å²) in [6, 6.07) is 13.9. The van der Waals surface area contributed by atoms with Crippen molar-refractivity contribution in [2.24, 2.45) is 0 Å². The summed E-state index contributed by atoms with van der Waals surface area (Å²) in [5.41, 5.74) is -1.22. The molecule has 0 fully saturated rings. The number of hydrogen-bond acceptors (Lipinski definition) is 20. The van der Waals surface area contributed by atoms with Gasteiger partial charge >= 0.3 is 18.3 Å². The van der Waals surface area contributed by atoms with E-state index in [-0.39, 0.29) is 80.8 Å². The maximum Gasteiger partial charge on any atom is 0.435 e. The molecule has 6 aromatic heterocycles. The van der Waals surface area contributed by atoms with Crippen LogP contribution in [0, 0.1) is 0 Å². The van der Waals surface area contributed by atoms with Gasteiger partial charge in [-0.15, -0.1) is 0 Å². The van der Waals surface area contributed by atoms with E-state index < -0.39 is 45.6 Å². The van der Waals surface area contributed by atoms with Gasteiger partial charge < -0.3 is 44.2 Å². The number of carbonyl (C=O) groups is 2. The number of hydrogen-bond donors (Lipinski definition) is 4. The number of alkyl halides is 6. The highest BCUT2D eigenvalue weighted by atomic mass is 32.2. The first-order valence-corrected chi connectivity index (χ1v) is 24.5. The molecule has 0 saturated carbocycles. The lowest BCUT2D eigenvalue weighted by Crippen LogP contribution is -2.32. The van der Waals surface area contributed by atoms with Gasteiger partial charge in [0.15, 0.2) is 23.0 Å². The number of aromatic carboxylic acids is 1. The van der Waals surface area contributed by atoms with Gasteiger partial charge in [0, 0.05) is 107 Å². The Morgan fingerprint density at radius 2 is 0.975 bits per heavy atom. The van der Waals surface area contributed by atoms with E-state index in [0.717, 1.165) is 33.9 Å². The predicted octanol–water partition coefficient (Wildman–Crippen LogP) is 8.19. The van der Waals surface area contributed by atoms with E-state index in [1.807, 2.05) is 4.72 Å². The number of nitrogens with one attached hydrogen (secondary N) is 3. The lowest BCUT2D eigenvalue weighted by Gasteiger charge is -2.14. The third kappa shape index (κ3) is 13.8. The average molecular weight is 1140 g/mol. The molecule has 0 saturated heterocycles. The van der Waals surface area contributed by atoms with Crippen LogP contribution in [0.2, 0.25) is 0 Å². The van der Waals surface area contributed by atoms with Crippen molar-refractivity contribution in [3.63, 3.8) is 0 Å². The zero-order valence-electron chi connectivity index (χ0n) is 42.8. The second kappa shape index (κ2) is 24.2. The maximum atomic E-state index is 13.4. The van der Waals surface area contributed by atoms with Crippen molar-refractivity contribution >= 4 is 45.2 Å². The Bertz CT molecular complexity index is 3630. The van der Waals surface area contributed by atoms with Crippen LogP contribution in [0.15, 0.2) is 97.8 Å². The zero-order valence-corrected chi connectivity index (χ0v) is 43.6.